The summed E-state index contributed by atoms with van der Waals surface area (Å²) >= 11 is 3.48. The summed E-state index contributed by atoms with van der Waals surface area (Å²) in [6.45, 7) is 6.65. The molecule has 144 valence electrons. The first-order chi connectivity index (χ1) is 12.9. The number of rotatable bonds is 8. The van der Waals surface area contributed by atoms with E-state index in [0.29, 0.717) is 29.5 Å². The molecule has 0 spiro atoms. The van der Waals surface area contributed by atoms with E-state index < -0.39 is 0 Å². The monoisotopic (exact) mass is 432 g/mol. The Morgan fingerprint density at radius 1 is 1.15 bits per heavy atom. The first-order valence-corrected chi connectivity index (χ1v) is 9.81. The number of benzene rings is 2. The van der Waals surface area contributed by atoms with Crippen molar-refractivity contribution in [2.45, 2.75) is 33.1 Å². The van der Waals surface area contributed by atoms with Crippen LogP contribution in [0, 0.1) is 0 Å². The number of anilines is 1. The normalized spacial score (nSPS) is 10.6. The van der Waals surface area contributed by atoms with Crippen LogP contribution in [0.25, 0.3) is 0 Å². The van der Waals surface area contributed by atoms with Crippen LogP contribution in [0.15, 0.2) is 46.9 Å². The van der Waals surface area contributed by atoms with E-state index in [4.69, 9.17) is 4.74 Å². The smallest absolute Gasteiger partial charge is 0.262 e. The molecule has 2 amide bonds. The second-order valence-electron chi connectivity index (χ2n) is 6.48. The van der Waals surface area contributed by atoms with Crippen LogP contribution in [0.5, 0.6) is 5.75 Å². The molecule has 0 aliphatic carbocycles. The Balaban J connectivity index is 1.99. The number of nitrogens with one attached hydrogen (secondary N) is 2. The van der Waals surface area contributed by atoms with Gasteiger partial charge in [-0.25, -0.2) is 0 Å². The summed E-state index contributed by atoms with van der Waals surface area (Å²) in [6, 6.07) is 12.7. The van der Waals surface area contributed by atoms with Gasteiger partial charge in [-0.1, -0.05) is 39.0 Å². The molecule has 2 N–H and O–H groups in total. The first-order valence-electron chi connectivity index (χ1n) is 9.01. The van der Waals surface area contributed by atoms with Crippen molar-refractivity contribution >= 4 is 33.4 Å². The van der Waals surface area contributed by atoms with Crippen molar-refractivity contribution in [3.8, 4) is 5.75 Å². The second kappa shape index (κ2) is 10.1. The van der Waals surface area contributed by atoms with E-state index in [1.165, 1.54) is 5.56 Å². The summed E-state index contributed by atoms with van der Waals surface area (Å²) in [5, 5.41) is 5.56. The molecular formula is C21H25BrN2O3. The Morgan fingerprint density at radius 3 is 2.56 bits per heavy atom. The fraction of sp³-hybridized carbons (Fsp3) is 0.333. The lowest BCUT2D eigenvalue weighted by Crippen LogP contribution is -2.27. The molecule has 0 radical (unpaired) electrons. The Morgan fingerprint density at radius 2 is 1.89 bits per heavy atom. The third-order valence-electron chi connectivity index (χ3n) is 3.96. The van der Waals surface area contributed by atoms with Gasteiger partial charge in [0.2, 0.25) is 0 Å². The fourth-order valence-corrected chi connectivity index (χ4v) is 2.96. The summed E-state index contributed by atoms with van der Waals surface area (Å²) in [5.41, 5.74) is 2.08. The Kier molecular flexibility index (Phi) is 7.85. The molecule has 0 bridgehead atoms. The molecule has 0 aliphatic rings. The van der Waals surface area contributed by atoms with Gasteiger partial charge >= 0.3 is 0 Å². The minimum absolute atomic E-state index is 0.148. The molecule has 0 saturated heterocycles. The van der Waals surface area contributed by atoms with Crippen molar-refractivity contribution in [3.63, 3.8) is 0 Å². The van der Waals surface area contributed by atoms with Gasteiger partial charge in [0.15, 0.2) is 6.61 Å². The molecule has 0 aliphatic heterocycles. The minimum atomic E-state index is -0.328. The fourth-order valence-electron chi connectivity index (χ4n) is 2.45. The average molecular weight is 433 g/mol. The number of hydrogen-bond acceptors (Lipinski definition) is 3. The lowest BCUT2D eigenvalue weighted by molar-refractivity contribution is -0.118. The predicted molar refractivity (Wildman–Crippen MR) is 111 cm³/mol. The van der Waals surface area contributed by atoms with E-state index in [1.807, 2.05) is 25.1 Å². The highest BCUT2D eigenvalue weighted by Crippen LogP contribution is 2.29. The lowest BCUT2D eigenvalue weighted by Gasteiger charge is -2.13. The number of halogens is 1. The van der Waals surface area contributed by atoms with Gasteiger partial charge < -0.3 is 15.4 Å². The maximum Gasteiger partial charge on any atom is 0.262 e. The number of ether oxygens (including phenoxy) is 1. The SMILES string of the molecule is CCCNC(=O)c1ccccc1NC(=O)COc1ccc(C(C)C)cc1Br. The quantitative estimate of drug-likeness (QED) is 0.633. The zero-order valence-electron chi connectivity index (χ0n) is 15.8. The molecule has 5 nitrogen and oxygen atoms in total. The summed E-state index contributed by atoms with van der Waals surface area (Å²) < 4.78 is 6.42. The van der Waals surface area contributed by atoms with Gasteiger partial charge in [0, 0.05) is 6.54 Å². The van der Waals surface area contributed by atoms with E-state index in [9.17, 15) is 9.59 Å². The number of carbonyl (C=O) groups is 2. The summed E-state index contributed by atoms with van der Waals surface area (Å²) in [7, 11) is 0. The summed E-state index contributed by atoms with van der Waals surface area (Å²) in [5.74, 6) is 0.476. The van der Waals surface area contributed by atoms with Gasteiger partial charge in [-0.05, 0) is 58.1 Å². The molecule has 6 heteroatoms. The molecule has 0 unspecified atom stereocenters. The second-order valence-corrected chi connectivity index (χ2v) is 7.34. The minimum Gasteiger partial charge on any atom is -0.483 e. The Labute approximate surface area is 168 Å². The molecule has 2 rings (SSSR count). The summed E-state index contributed by atoms with van der Waals surface area (Å²) in [6.07, 6.45) is 0.846. The van der Waals surface area contributed by atoms with E-state index in [0.717, 1.165) is 10.9 Å². The molecule has 2 aromatic rings. The van der Waals surface area contributed by atoms with Crippen LogP contribution >= 0.6 is 15.9 Å². The highest BCUT2D eigenvalue weighted by atomic mass is 79.9. The van der Waals surface area contributed by atoms with Crippen LogP contribution in [0.4, 0.5) is 5.69 Å². The van der Waals surface area contributed by atoms with Crippen LogP contribution in [0.2, 0.25) is 0 Å². The van der Waals surface area contributed by atoms with Crippen LogP contribution < -0.4 is 15.4 Å². The number of para-hydroxylation sites is 1. The molecule has 0 heterocycles. The molecule has 0 atom stereocenters. The van der Waals surface area contributed by atoms with Crippen LogP contribution in [-0.4, -0.2) is 25.0 Å². The maximum atomic E-state index is 12.3. The third-order valence-corrected chi connectivity index (χ3v) is 4.58. The number of hydrogen-bond donors (Lipinski definition) is 2. The Bertz CT molecular complexity index is 806. The largest absolute Gasteiger partial charge is 0.483 e. The topological polar surface area (TPSA) is 67.4 Å². The van der Waals surface area contributed by atoms with E-state index in [1.54, 1.807) is 24.3 Å². The van der Waals surface area contributed by atoms with Crippen LogP contribution in [0.3, 0.4) is 0 Å². The molecule has 2 aromatic carbocycles. The maximum absolute atomic E-state index is 12.3. The average Bonchev–Trinajstić information content (AvgIpc) is 2.65. The molecule has 0 aromatic heterocycles. The molecular weight excluding hydrogens is 408 g/mol. The zero-order valence-corrected chi connectivity index (χ0v) is 17.4. The van der Waals surface area contributed by atoms with Gasteiger partial charge in [-0.2, -0.15) is 0 Å². The van der Waals surface area contributed by atoms with Crippen molar-refractivity contribution in [3.05, 3.63) is 58.1 Å². The van der Waals surface area contributed by atoms with Crippen LogP contribution in [0.1, 0.15) is 49.0 Å². The van der Waals surface area contributed by atoms with Crippen molar-refractivity contribution < 1.29 is 14.3 Å². The standard InChI is InChI=1S/C21H25BrN2O3/c1-4-11-23-21(26)16-7-5-6-8-18(16)24-20(25)13-27-19-10-9-15(14(2)3)12-17(19)22/h5-10,12,14H,4,11,13H2,1-3H3,(H,23,26)(H,24,25). The van der Waals surface area contributed by atoms with Gasteiger partial charge in [0.1, 0.15) is 5.75 Å². The zero-order chi connectivity index (χ0) is 19.8. The van der Waals surface area contributed by atoms with Crippen molar-refractivity contribution in [1.82, 2.24) is 5.32 Å². The van der Waals surface area contributed by atoms with Gasteiger partial charge in [0.05, 0.1) is 15.7 Å². The summed E-state index contributed by atoms with van der Waals surface area (Å²) in [4.78, 5) is 24.5. The van der Waals surface area contributed by atoms with Crippen molar-refractivity contribution in [2.75, 3.05) is 18.5 Å². The van der Waals surface area contributed by atoms with E-state index in [2.05, 4.69) is 40.4 Å². The first kappa shape index (κ1) is 21.0. The number of carbonyl (C=O) groups excluding carboxylic acids is 2. The van der Waals surface area contributed by atoms with Crippen LogP contribution in [-0.2, 0) is 4.79 Å². The van der Waals surface area contributed by atoms with E-state index in [-0.39, 0.29) is 18.4 Å². The predicted octanol–water partition coefficient (Wildman–Crippen LogP) is 4.73. The Hall–Kier alpha value is -2.34. The van der Waals surface area contributed by atoms with Gasteiger partial charge in [-0.3, -0.25) is 9.59 Å². The molecule has 0 saturated carbocycles. The van der Waals surface area contributed by atoms with Crippen molar-refractivity contribution in [1.29, 1.82) is 0 Å². The van der Waals surface area contributed by atoms with E-state index >= 15 is 0 Å². The van der Waals surface area contributed by atoms with Crippen molar-refractivity contribution in [2.24, 2.45) is 0 Å². The third kappa shape index (κ3) is 6.10. The van der Waals surface area contributed by atoms with Gasteiger partial charge in [0.25, 0.3) is 11.8 Å². The molecule has 0 fully saturated rings. The highest BCUT2D eigenvalue weighted by Gasteiger charge is 2.13. The highest BCUT2D eigenvalue weighted by molar-refractivity contribution is 9.10. The number of amides is 2. The van der Waals surface area contributed by atoms with Gasteiger partial charge in [-0.15, -0.1) is 0 Å². The molecule has 27 heavy (non-hydrogen) atoms. The lowest BCUT2D eigenvalue weighted by atomic mass is 10.0.